The predicted octanol–water partition coefficient (Wildman–Crippen LogP) is 1.45. The molecule has 0 aliphatic carbocycles. The number of hydrogen-bond acceptors (Lipinski definition) is 7. The number of ether oxygens (including phenoxy) is 1. The number of nitrogens with one attached hydrogen (secondary N) is 1. The summed E-state index contributed by atoms with van der Waals surface area (Å²) >= 11 is 0. The fourth-order valence-electron chi connectivity index (χ4n) is 2.70. The molecule has 1 atom stereocenters. The lowest BCUT2D eigenvalue weighted by atomic mass is 10.1. The summed E-state index contributed by atoms with van der Waals surface area (Å²) in [5.41, 5.74) is 0.545. The molecule has 1 aliphatic rings. The first-order valence-corrected chi connectivity index (χ1v) is 8.48. The number of carbonyl (C=O) groups excluding carboxylic acids is 1. The van der Waals surface area contributed by atoms with Gasteiger partial charge >= 0.3 is 6.03 Å². The molecule has 1 unspecified atom stereocenters. The molecule has 25 heavy (non-hydrogen) atoms. The normalized spacial score (nSPS) is 17.0. The first-order valence-electron chi connectivity index (χ1n) is 8.48. The van der Waals surface area contributed by atoms with Crippen molar-refractivity contribution in [3.8, 4) is 11.6 Å². The summed E-state index contributed by atoms with van der Waals surface area (Å²) in [6.07, 6.45) is 6.36. The lowest BCUT2D eigenvalue weighted by molar-refractivity contribution is 0.144. The third kappa shape index (κ3) is 4.50. The van der Waals surface area contributed by atoms with E-state index in [-0.39, 0.29) is 11.9 Å². The van der Waals surface area contributed by atoms with Crippen molar-refractivity contribution in [2.75, 3.05) is 32.8 Å². The topological polar surface area (TPSA) is 106 Å². The minimum absolute atomic E-state index is 0.0587. The molecule has 1 N–H and O–H groups in total. The Labute approximate surface area is 145 Å². The first-order chi connectivity index (χ1) is 12.3. The fourth-order valence-corrected chi connectivity index (χ4v) is 2.70. The summed E-state index contributed by atoms with van der Waals surface area (Å²) in [5.74, 6) is 1.03. The maximum Gasteiger partial charge on any atom is 0.317 e. The number of likely N-dealkylation sites (tertiary alicyclic amines) is 1. The molecule has 9 heteroatoms. The molecule has 134 valence electrons. The smallest absolute Gasteiger partial charge is 0.317 e. The second kappa shape index (κ2) is 8.52. The SMILES string of the molecule is CCOCCCNC(=O)N1CCC(c2noc(-c3cnccn3)n2)C1. The van der Waals surface area contributed by atoms with Crippen LogP contribution in [0.2, 0.25) is 0 Å². The van der Waals surface area contributed by atoms with Crippen LogP contribution in [0.1, 0.15) is 31.5 Å². The summed E-state index contributed by atoms with van der Waals surface area (Å²) in [5, 5.41) is 6.95. The fraction of sp³-hybridized carbons (Fsp3) is 0.562. The van der Waals surface area contributed by atoms with Crippen LogP contribution in [-0.2, 0) is 4.74 Å². The van der Waals surface area contributed by atoms with Crippen LogP contribution in [0.25, 0.3) is 11.6 Å². The Morgan fingerprint density at radius 1 is 1.48 bits per heavy atom. The van der Waals surface area contributed by atoms with Gasteiger partial charge in [-0.3, -0.25) is 4.98 Å². The standard InChI is InChI=1S/C16H22N6O3/c1-2-24-9-3-5-19-16(23)22-8-4-12(11-22)14-20-15(25-21-14)13-10-17-6-7-18-13/h6-7,10,12H,2-5,8-9,11H2,1H3,(H,19,23). The van der Waals surface area contributed by atoms with E-state index in [0.29, 0.717) is 50.3 Å². The maximum atomic E-state index is 12.2. The molecule has 0 aromatic carbocycles. The van der Waals surface area contributed by atoms with Crippen molar-refractivity contribution < 1.29 is 14.1 Å². The molecule has 9 nitrogen and oxygen atoms in total. The number of hydrogen-bond donors (Lipinski definition) is 1. The highest BCUT2D eigenvalue weighted by atomic mass is 16.5. The van der Waals surface area contributed by atoms with E-state index >= 15 is 0 Å². The Morgan fingerprint density at radius 2 is 2.40 bits per heavy atom. The van der Waals surface area contributed by atoms with Crippen LogP contribution in [0.3, 0.4) is 0 Å². The Kier molecular flexibility index (Phi) is 5.89. The number of urea groups is 1. The van der Waals surface area contributed by atoms with Crippen molar-refractivity contribution in [2.24, 2.45) is 0 Å². The highest BCUT2D eigenvalue weighted by Crippen LogP contribution is 2.26. The summed E-state index contributed by atoms with van der Waals surface area (Å²) in [6, 6.07) is -0.0587. The summed E-state index contributed by atoms with van der Waals surface area (Å²) in [7, 11) is 0. The number of aromatic nitrogens is 4. The van der Waals surface area contributed by atoms with Gasteiger partial charge in [-0.15, -0.1) is 0 Å². The zero-order valence-corrected chi connectivity index (χ0v) is 14.2. The van der Waals surface area contributed by atoms with Gasteiger partial charge in [-0.1, -0.05) is 5.16 Å². The molecule has 1 aliphatic heterocycles. The van der Waals surface area contributed by atoms with E-state index in [0.717, 1.165) is 12.8 Å². The minimum Gasteiger partial charge on any atom is -0.382 e. The monoisotopic (exact) mass is 346 g/mol. The van der Waals surface area contributed by atoms with Gasteiger partial charge < -0.3 is 19.5 Å². The molecule has 1 saturated heterocycles. The summed E-state index contributed by atoms with van der Waals surface area (Å²) in [6.45, 7) is 5.18. The molecule has 0 bridgehead atoms. The van der Waals surface area contributed by atoms with Crippen molar-refractivity contribution in [3.63, 3.8) is 0 Å². The average molecular weight is 346 g/mol. The van der Waals surface area contributed by atoms with E-state index in [4.69, 9.17) is 9.26 Å². The third-order valence-electron chi connectivity index (χ3n) is 4.01. The van der Waals surface area contributed by atoms with Crippen LogP contribution in [0.15, 0.2) is 23.1 Å². The lowest BCUT2D eigenvalue weighted by Gasteiger charge is -2.16. The second-order valence-corrected chi connectivity index (χ2v) is 5.76. The van der Waals surface area contributed by atoms with Gasteiger partial charge in [-0.2, -0.15) is 4.98 Å². The molecule has 1 fully saturated rings. The van der Waals surface area contributed by atoms with Crippen LogP contribution < -0.4 is 5.32 Å². The Bertz CT molecular complexity index is 678. The van der Waals surface area contributed by atoms with Crippen molar-refractivity contribution in [1.82, 2.24) is 30.3 Å². The van der Waals surface area contributed by atoms with Crippen molar-refractivity contribution in [1.29, 1.82) is 0 Å². The molecule has 3 rings (SSSR count). The van der Waals surface area contributed by atoms with Gasteiger partial charge in [0.1, 0.15) is 5.69 Å². The number of rotatable bonds is 7. The molecule has 2 aromatic heterocycles. The molecular formula is C16H22N6O3. The molecule has 2 amide bonds. The van der Waals surface area contributed by atoms with E-state index in [1.165, 1.54) is 0 Å². The van der Waals surface area contributed by atoms with Crippen molar-refractivity contribution in [2.45, 2.75) is 25.7 Å². The van der Waals surface area contributed by atoms with Crippen LogP contribution in [-0.4, -0.2) is 63.9 Å². The molecule has 0 saturated carbocycles. The Balaban J connectivity index is 1.49. The van der Waals surface area contributed by atoms with Gasteiger partial charge in [0.05, 0.1) is 6.20 Å². The van der Waals surface area contributed by atoms with E-state index in [2.05, 4.69) is 25.4 Å². The Hall–Kier alpha value is -2.55. The van der Waals surface area contributed by atoms with Gasteiger partial charge in [0.2, 0.25) is 0 Å². The minimum atomic E-state index is -0.0587. The first kappa shape index (κ1) is 17.3. The molecule has 0 spiro atoms. The largest absolute Gasteiger partial charge is 0.382 e. The van der Waals surface area contributed by atoms with Crippen molar-refractivity contribution in [3.05, 3.63) is 24.4 Å². The number of nitrogens with zero attached hydrogens (tertiary/aromatic N) is 5. The van der Waals surface area contributed by atoms with E-state index < -0.39 is 0 Å². The third-order valence-corrected chi connectivity index (χ3v) is 4.01. The van der Waals surface area contributed by atoms with Gasteiger partial charge in [-0.25, -0.2) is 9.78 Å². The van der Waals surface area contributed by atoms with Gasteiger partial charge in [0.15, 0.2) is 5.82 Å². The van der Waals surface area contributed by atoms with Gasteiger partial charge in [0, 0.05) is 51.2 Å². The maximum absolute atomic E-state index is 12.2. The zero-order valence-electron chi connectivity index (χ0n) is 14.2. The predicted molar refractivity (Wildman–Crippen MR) is 88.8 cm³/mol. The van der Waals surface area contributed by atoms with E-state index in [1.54, 1.807) is 23.5 Å². The van der Waals surface area contributed by atoms with E-state index in [1.807, 2.05) is 6.92 Å². The highest BCUT2D eigenvalue weighted by molar-refractivity contribution is 5.74. The quantitative estimate of drug-likeness (QED) is 0.756. The average Bonchev–Trinajstić information content (AvgIpc) is 3.31. The summed E-state index contributed by atoms with van der Waals surface area (Å²) in [4.78, 5) is 26.5. The molecular weight excluding hydrogens is 324 g/mol. The lowest BCUT2D eigenvalue weighted by Crippen LogP contribution is -2.39. The van der Waals surface area contributed by atoms with Crippen LogP contribution in [0.4, 0.5) is 4.79 Å². The van der Waals surface area contributed by atoms with Crippen LogP contribution in [0, 0.1) is 0 Å². The molecule has 2 aromatic rings. The van der Waals surface area contributed by atoms with Gasteiger partial charge in [0.25, 0.3) is 5.89 Å². The highest BCUT2D eigenvalue weighted by Gasteiger charge is 2.30. The van der Waals surface area contributed by atoms with E-state index in [9.17, 15) is 4.79 Å². The van der Waals surface area contributed by atoms with Crippen LogP contribution >= 0.6 is 0 Å². The number of carbonyl (C=O) groups is 1. The second-order valence-electron chi connectivity index (χ2n) is 5.76. The van der Waals surface area contributed by atoms with Crippen molar-refractivity contribution >= 4 is 6.03 Å². The zero-order chi connectivity index (χ0) is 17.5. The summed E-state index contributed by atoms with van der Waals surface area (Å²) < 4.78 is 10.5. The molecule has 0 radical (unpaired) electrons. The molecule has 3 heterocycles. The Morgan fingerprint density at radius 3 is 3.20 bits per heavy atom. The number of amides is 2. The van der Waals surface area contributed by atoms with Gasteiger partial charge in [-0.05, 0) is 19.8 Å². The van der Waals surface area contributed by atoms with Crippen LogP contribution in [0.5, 0.6) is 0 Å².